The maximum absolute atomic E-state index is 13.0. The van der Waals surface area contributed by atoms with Gasteiger partial charge in [0.15, 0.2) is 0 Å². The zero-order valence-electron chi connectivity index (χ0n) is 13.7. The van der Waals surface area contributed by atoms with Crippen LogP contribution in [0.2, 0.25) is 0 Å². The molecule has 25 heavy (non-hydrogen) atoms. The van der Waals surface area contributed by atoms with Crippen LogP contribution in [0.25, 0.3) is 22.0 Å². The number of carbonyl (C=O) groups excluding carboxylic acids is 1. The lowest BCUT2D eigenvalue weighted by Crippen LogP contribution is -2.15. The van der Waals surface area contributed by atoms with E-state index < -0.39 is 12.1 Å². The molecule has 0 unspecified atom stereocenters. The Hall–Kier alpha value is -3.02. The lowest BCUT2D eigenvalue weighted by Gasteiger charge is -2.10. The number of rotatable bonds is 3. The van der Waals surface area contributed by atoms with Crippen molar-refractivity contribution in [2.75, 3.05) is 11.1 Å². The summed E-state index contributed by atoms with van der Waals surface area (Å²) in [5.74, 6) is -0.117. The molecular weight excluding hydrogens is 319 g/mol. The van der Waals surface area contributed by atoms with Gasteiger partial charge in [0.1, 0.15) is 17.8 Å². The maximum atomic E-state index is 13.0. The minimum Gasteiger partial charge on any atom is -0.383 e. The lowest BCUT2D eigenvalue weighted by molar-refractivity contribution is -0.117. The van der Waals surface area contributed by atoms with Gasteiger partial charge in [0.25, 0.3) is 0 Å². The minimum atomic E-state index is -1.03. The fourth-order valence-electron chi connectivity index (χ4n) is 2.89. The first-order valence-electron chi connectivity index (χ1n) is 8.10. The third-order valence-electron chi connectivity index (χ3n) is 4.47. The van der Waals surface area contributed by atoms with Crippen LogP contribution in [-0.4, -0.2) is 22.0 Å². The highest BCUT2D eigenvalue weighted by Crippen LogP contribution is 2.35. The highest BCUT2D eigenvalue weighted by Gasteiger charge is 2.43. The van der Waals surface area contributed by atoms with Gasteiger partial charge in [0.2, 0.25) is 5.91 Å². The van der Waals surface area contributed by atoms with Crippen LogP contribution in [0.15, 0.2) is 42.6 Å². The summed E-state index contributed by atoms with van der Waals surface area (Å²) in [7, 11) is 0. The van der Waals surface area contributed by atoms with E-state index >= 15 is 0 Å². The number of hydrogen-bond acceptors (Lipinski definition) is 4. The van der Waals surface area contributed by atoms with E-state index in [-0.39, 0.29) is 12.3 Å². The molecule has 2 aromatic heterocycles. The van der Waals surface area contributed by atoms with Crippen LogP contribution >= 0.6 is 0 Å². The highest BCUT2D eigenvalue weighted by atomic mass is 19.1. The van der Waals surface area contributed by atoms with Crippen molar-refractivity contribution in [2.45, 2.75) is 19.5 Å². The van der Waals surface area contributed by atoms with Gasteiger partial charge in [-0.3, -0.25) is 4.79 Å². The smallest absolute Gasteiger partial charge is 0.231 e. The molecule has 3 N–H and O–H groups in total. The predicted octanol–water partition coefficient (Wildman–Crippen LogP) is 3.48. The molecule has 0 saturated heterocycles. The van der Waals surface area contributed by atoms with E-state index in [0.717, 1.165) is 22.2 Å². The van der Waals surface area contributed by atoms with Gasteiger partial charge in [-0.15, -0.1) is 0 Å². The summed E-state index contributed by atoms with van der Waals surface area (Å²) >= 11 is 0. The normalized spacial score (nSPS) is 19.0. The predicted molar refractivity (Wildman–Crippen MR) is 95.8 cm³/mol. The van der Waals surface area contributed by atoms with Gasteiger partial charge in [-0.05, 0) is 36.4 Å². The number of aromatic nitrogens is 2. The molecule has 2 atom stereocenters. The SMILES string of the molecule is Cc1ccccc1-c1cc2cc(NC(=O)[C@H]3C[C@H]3F)ncc2c(N)n1. The van der Waals surface area contributed by atoms with E-state index in [1.165, 1.54) is 0 Å². The summed E-state index contributed by atoms with van der Waals surface area (Å²) in [6.07, 6.45) is 0.829. The summed E-state index contributed by atoms with van der Waals surface area (Å²) in [6.45, 7) is 2.01. The number of pyridine rings is 2. The molecule has 0 radical (unpaired) electrons. The average Bonchev–Trinajstić information content (AvgIpc) is 3.32. The number of nitrogens with zero attached hydrogens (tertiary/aromatic N) is 2. The lowest BCUT2D eigenvalue weighted by atomic mass is 10.0. The number of amides is 1. The van der Waals surface area contributed by atoms with Crippen molar-refractivity contribution >= 4 is 28.3 Å². The second-order valence-corrected chi connectivity index (χ2v) is 6.35. The number of nitrogens with one attached hydrogen (secondary N) is 1. The zero-order chi connectivity index (χ0) is 17.6. The van der Waals surface area contributed by atoms with Crippen molar-refractivity contribution < 1.29 is 9.18 Å². The largest absolute Gasteiger partial charge is 0.383 e. The molecule has 1 aliphatic carbocycles. The molecule has 0 spiro atoms. The first-order chi connectivity index (χ1) is 12.0. The Morgan fingerprint density at radius 2 is 2.08 bits per heavy atom. The summed E-state index contributed by atoms with van der Waals surface area (Å²) < 4.78 is 13.0. The molecule has 1 saturated carbocycles. The number of halogens is 1. The average molecular weight is 336 g/mol. The topological polar surface area (TPSA) is 80.9 Å². The molecule has 1 amide bonds. The van der Waals surface area contributed by atoms with Gasteiger partial charge in [-0.25, -0.2) is 14.4 Å². The number of anilines is 2. The van der Waals surface area contributed by atoms with Crippen LogP contribution in [-0.2, 0) is 4.79 Å². The van der Waals surface area contributed by atoms with Crippen molar-refractivity contribution in [3.63, 3.8) is 0 Å². The Kier molecular flexibility index (Phi) is 3.60. The maximum Gasteiger partial charge on any atom is 0.231 e. The number of hydrogen-bond donors (Lipinski definition) is 2. The van der Waals surface area contributed by atoms with Gasteiger partial charge < -0.3 is 11.1 Å². The van der Waals surface area contributed by atoms with Crippen molar-refractivity contribution in [1.82, 2.24) is 9.97 Å². The second kappa shape index (κ2) is 5.81. The summed E-state index contributed by atoms with van der Waals surface area (Å²) in [5, 5.41) is 4.20. The Labute approximate surface area is 144 Å². The summed E-state index contributed by atoms with van der Waals surface area (Å²) in [4.78, 5) is 20.6. The molecule has 0 aliphatic heterocycles. The molecule has 0 bridgehead atoms. The van der Waals surface area contributed by atoms with Gasteiger partial charge in [-0.2, -0.15) is 0 Å². The van der Waals surface area contributed by atoms with E-state index in [9.17, 15) is 9.18 Å². The van der Waals surface area contributed by atoms with Crippen LogP contribution in [0.1, 0.15) is 12.0 Å². The molecule has 4 rings (SSSR count). The number of fused-ring (bicyclic) bond motifs is 1. The third kappa shape index (κ3) is 2.91. The number of aryl methyl sites for hydroxylation is 1. The Balaban J connectivity index is 1.73. The first kappa shape index (κ1) is 15.5. The summed E-state index contributed by atoms with van der Waals surface area (Å²) in [5.41, 5.74) is 8.94. The van der Waals surface area contributed by atoms with Gasteiger partial charge in [0.05, 0.1) is 11.6 Å². The molecule has 6 heteroatoms. The molecule has 3 aromatic rings. The number of benzene rings is 1. The molecule has 1 aliphatic rings. The first-order valence-corrected chi connectivity index (χ1v) is 8.10. The molecule has 126 valence electrons. The van der Waals surface area contributed by atoms with Crippen LogP contribution in [0.3, 0.4) is 0 Å². The van der Waals surface area contributed by atoms with Crippen molar-refractivity contribution in [3.05, 3.63) is 48.2 Å². The van der Waals surface area contributed by atoms with E-state index in [1.807, 2.05) is 37.3 Å². The molecular formula is C19H17FN4O. The number of alkyl halides is 1. The summed E-state index contributed by atoms with van der Waals surface area (Å²) in [6, 6.07) is 11.6. The Morgan fingerprint density at radius 3 is 2.80 bits per heavy atom. The molecule has 5 nitrogen and oxygen atoms in total. The van der Waals surface area contributed by atoms with Crippen molar-refractivity contribution in [3.8, 4) is 11.3 Å². The Morgan fingerprint density at radius 1 is 1.32 bits per heavy atom. The third-order valence-corrected chi connectivity index (χ3v) is 4.47. The minimum absolute atomic E-state index is 0.285. The highest BCUT2D eigenvalue weighted by molar-refractivity contribution is 5.98. The van der Waals surface area contributed by atoms with Crippen LogP contribution in [0, 0.1) is 12.8 Å². The van der Waals surface area contributed by atoms with E-state index in [0.29, 0.717) is 17.0 Å². The second-order valence-electron chi connectivity index (χ2n) is 6.35. The number of nitrogens with two attached hydrogens (primary N) is 1. The van der Waals surface area contributed by atoms with E-state index in [2.05, 4.69) is 15.3 Å². The van der Waals surface area contributed by atoms with E-state index in [4.69, 9.17) is 5.73 Å². The van der Waals surface area contributed by atoms with Crippen LogP contribution in [0.4, 0.5) is 16.0 Å². The molecule has 1 aromatic carbocycles. The van der Waals surface area contributed by atoms with Gasteiger partial charge in [0, 0.05) is 17.1 Å². The fourth-order valence-corrected chi connectivity index (χ4v) is 2.89. The molecule has 2 heterocycles. The standard InChI is InChI=1S/C19H17FN4O/c1-10-4-2-3-5-12(10)16-6-11-7-17(22-9-14(11)18(21)23-16)24-19(25)13-8-15(13)20/h2-7,9,13,15H,8H2,1H3,(H2,21,23)(H,22,24,25)/t13-,15+/m0/s1. The van der Waals surface area contributed by atoms with Gasteiger partial charge >= 0.3 is 0 Å². The van der Waals surface area contributed by atoms with Gasteiger partial charge in [-0.1, -0.05) is 24.3 Å². The monoisotopic (exact) mass is 336 g/mol. The zero-order valence-corrected chi connectivity index (χ0v) is 13.7. The van der Waals surface area contributed by atoms with Crippen molar-refractivity contribution in [1.29, 1.82) is 0 Å². The number of nitrogen functional groups attached to an aromatic ring is 1. The fraction of sp³-hybridized carbons (Fsp3) is 0.211. The quantitative estimate of drug-likeness (QED) is 0.767. The number of carbonyl (C=O) groups is 1. The molecule has 1 fully saturated rings. The van der Waals surface area contributed by atoms with Crippen LogP contribution < -0.4 is 11.1 Å². The van der Waals surface area contributed by atoms with Crippen molar-refractivity contribution in [2.24, 2.45) is 5.92 Å². The van der Waals surface area contributed by atoms with E-state index in [1.54, 1.807) is 12.3 Å². The Bertz CT molecular complexity index is 988. The van der Waals surface area contributed by atoms with Crippen LogP contribution in [0.5, 0.6) is 0 Å².